The number of unbranched alkanes of at least 4 members (excludes halogenated alkanes) is 2. The van der Waals surface area contributed by atoms with Gasteiger partial charge in [0.15, 0.2) is 0 Å². The van der Waals surface area contributed by atoms with Crippen molar-refractivity contribution in [3.63, 3.8) is 0 Å². The molecule has 0 radical (unpaired) electrons. The van der Waals surface area contributed by atoms with E-state index in [0.717, 1.165) is 31.1 Å². The van der Waals surface area contributed by atoms with Crippen LogP contribution in [0.15, 0.2) is 18.2 Å². The normalized spacial score (nSPS) is 10.2. The lowest BCUT2D eigenvalue weighted by Gasteiger charge is -2.07. The molecule has 0 saturated heterocycles. The lowest BCUT2D eigenvalue weighted by molar-refractivity contribution is -0.384. The first-order valence-corrected chi connectivity index (χ1v) is 7.70. The molecule has 0 saturated carbocycles. The van der Waals surface area contributed by atoms with E-state index in [1.807, 2.05) is 0 Å². The molecule has 0 bridgehead atoms. The SMILES string of the molecule is CSCCCCCNc1ccc(C(=O)O)cc1[N+](=O)[O-]. The molecule has 0 fully saturated rings. The first-order valence-electron chi connectivity index (χ1n) is 6.30. The molecule has 0 unspecified atom stereocenters. The molecule has 0 aromatic heterocycles. The maximum Gasteiger partial charge on any atom is 0.335 e. The predicted molar refractivity (Wildman–Crippen MR) is 80.8 cm³/mol. The van der Waals surface area contributed by atoms with Crippen LogP contribution < -0.4 is 5.32 Å². The second-order valence-electron chi connectivity index (χ2n) is 4.27. The van der Waals surface area contributed by atoms with Crippen LogP contribution in [0.25, 0.3) is 0 Å². The van der Waals surface area contributed by atoms with Gasteiger partial charge in [-0.1, -0.05) is 6.42 Å². The number of rotatable bonds is 9. The molecular formula is C13H18N2O4S. The van der Waals surface area contributed by atoms with Crippen LogP contribution in [-0.2, 0) is 0 Å². The molecule has 20 heavy (non-hydrogen) atoms. The Bertz CT molecular complexity index is 479. The summed E-state index contributed by atoms with van der Waals surface area (Å²) < 4.78 is 0. The molecule has 1 rings (SSSR count). The Morgan fingerprint density at radius 1 is 1.40 bits per heavy atom. The molecule has 0 atom stereocenters. The number of carbonyl (C=O) groups is 1. The van der Waals surface area contributed by atoms with Crippen molar-refractivity contribution < 1.29 is 14.8 Å². The number of hydrogen-bond donors (Lipinski definition) is 2. The van der Waals surface area contributed by atoms with Gasteiger partial charge >= 0.3 is 5.97 Å². The van der Waals surface area contributed by atoms with Gasteiger partial charge < -0.3 is 10.4 Å². The van der Waals surface area contributed by atoms with Crippen LogP contribution in [0.5, 0.6) is 0 Å². The Balaban J connectivity index is 2.60. The number of carboxylic acids is 1. The fourth-order valence-electron chi connectivity index (χ4n) is 1.74. The monoisotopic (exact) mass is 298 g/mol. The summed E-state index contributed by atoms with van der Waals surface area (Å²) in [4.78, 5) is 21.2. The summed E-state index contributed by atoms with van der Waals surface area (Å²) in [5, 5.41) is 22.8. The van der Waals surface area contributed by atoms with Gasteiger partial charge in [0.1, 0.15) is 5.69 Å². The fraction of sp³-hybridized carbons (Fsp3) is 0.462. The van der Waals surface area contributed by atoms with Gasteiger partial charge in [-0.3, -0.25) is 10.1 Å². The van der Waals surface area contributed by atoms with E-state index in [-0.39, 0.29) is 11.3 Å². The fourth-order valence-corrected chi connectivity index (χ4v) is 2.23. The largest absolute Gasteiger partial charge is 0.478 e. The number of anilines is 1. The van der Waals surface area contributed by atoms with Crippen LogP contribution in [0.3, 0.4) is 0 Å². The van der Waals surface area contributed by atoms with E-state index in [2.05, 4.69) is 11.6 Å². The highest BCUT2D eigenvalue weighted by Crippen LogP contribution is 2.25. The van der Waals surface area contributed by atoms with E-state index in [9.17, 15) is 14.9 Å². The maximum atomic E-state index is 10.9. The zero-order valence-electron chi connectivity index (χ0n) is 11.3. The third kappa shape index (κ3) is 5.08. The average Bonchev–Trinajstić information content (AvgIpc) is 2.42. The third-order valence-corrected chi connectivity index (χ3v) is 3.48. The molecule has 0 aliphatic carbocycles. The summed E-state index contributed by atoms with van der Waals surface area (Å²) in [5.41, 5.74) is 0.0844. The Hall–Kier alpha value is -1.76. The summed E-state index contributed by atoms with van der Waals surface area (Å²) in [6.45, 7) is 0.641. The van der Waals surface area contributed by atoms with Gasteiger partial charge in [-0.25, -0.2) is 4.79 Å². The van der Waals surface area contributed by atoms with E-state index in [1.54, 1.807) is 11.8 Å². The molecule has 0 aliphatic rings. The first-order chi connectivity index (χ1) is 9.56. The van der Waals surface area contributed by atoms with Crippen LogP contribution in [0, 0.1) is 10.1 Å². The van der Waals surface area contributed by atoms with Gasteiger partial charge in [-0.15, -0.1) is 0 Å². The maximum absolute atomic E-state index is 10.9. The van der Waals surface area contributed by atoms with Gasteiger partial charge in [-0.05, 0) is 37.0 Å². The van der Waals surface area contributed by atoms with Crippen LogP contribution in [0.2, 0.25) is 0 Å². The standard InChI is InChI=1S/C13H18N2O4S/c1-20-8-4-2-3-7-14-11-6-5-10(13(16)17)9-12(11)15(18)19/h5-6,9,14H,2-4,7-8H2,1H3,(H,16,17). The van der Waals surface area contributed by atoms with Crippen molar-refractivity contribution in [2.75, 3.05) is 23.9 Å². The van der Waals surface area contributed by atoms with Crippen molar-refractivity contribution in [2.45, 2.75) is 19.3 Å². The number of aromatic carboxylic acids is 1. The highest BCUT2D eigenvalue weighted by Gasteiger charge is 2.16. The third-order valence-electron chi connectivity index (χ3n) is 2.78. The molecule has 1 aromatic rings. The van der Waals surface area contributed by atoms with Gasteiger partial charge in [-0.2, -0.15) is 11.8 Å². The number of nitro benzene ring substituents is 1. The van der Waals surface area contributed by atoms with Gasteiger partial charge in [0.25, 0.3) is 5.69 Å². The number of nitrogens with zero attached hydrogens (tertiary/aromatic N) is 1. The lowest BCUT2D eigenvalue weighted by atomic mass is 10.1. The quantitative estimate of drug-likeness (QED) is 0.413. The Morgan fingerprint density at radius 3 is 2.75 bits per heavy atom. The number of nitrogens with one attached hydrogen (secondary N) is 1. The van der Waals surface area contributed by atoms with E-state index in [1.165, 1.54) is 12.1 Å². The second kappa shape index (κ2) is 8.42. The Labute approximate surface area is 121 Å². The molecule has 1 aromatic carbocycles. The van der Waals surface area contributed by atoms with Gasteiger partial charge in [0.05, 0.1) is 10.5 Å². The number of thioether (sulfide) groups is 1. The van der Waals surface area contributed by atoms with Crippen LogP contribution >= 0.6 is 11.8 Å². The molecule has 0 heterocycles. The Morgan fingerprint density at radius 2 is 2.15 bits per heavy atom. The van der Waals surface area contributed by atoms with Gasteiger partial charge in [0, 0.05) is 12.6 Å². The van der Waals surface area contributed by atoms with Crippen LogP contribution in [-0.4, -0.2) is 34.6 Å². The van der Waals surface area contributed by atoms with Crippen molar-refractivity contribution >= 4 is 29.1 Å². The van der Waals surface area contributed by atoms with Crippen molar-refractivity contribution in [1.29, 1.82) is 0 Å². The number of hydrogen-bond acceptors (Lipinski definition) is 5. The van der Waals surface area contributed by atoms with Crippen molar-refractivity contribution in [2.24, 2.45) is 0 Å². The second-order valence-corrected chi connectivity index (χ2v) is 5.26. The minimum absolute atomic E-state index is 0.0813. The highest BCUT2D eigenvalue weighted by atomic mass is 32.2. The summed E-state index contributed by atoms with van der Waals surface area (Å²) in [7, 11) is 0. The van der Waals surface area contributed by atoms with Crippen LogP contribution in [0.1, 0.15) is 29.6 Å². The highest BCUT2D eigenvalue weighted by molar-refractivity contribution is 7.98. The molecule has 0 aliphatic heterocycles. The molecule has 7 heteroatoms. The molecule has 110 valence electrons. The minimum Gasteiger partial charge on any atom is -0.478 e. The average molecular weight is 298 g/mol. The molecular weight excluding hydrogens is 280 g/mol. The molecule has 6 nitrogen and oxygen atoms in total. The Kier molecular flexibility index (Phi) is 6.86. The number of benzene rings is 1. The van der Waals surface area contributed by atoms with Crippen LogP contribution in [0.4, 0.5) is 11.4 Å². The zero-order chi connectivity index (χ0) is 15.0. The smallest absolute Gasteiger partial charge is 0.335 e. The lowest BCUT2D eigenvalue weighted by Crippen LogP contribution is -2.06. The molecule has 0 spiro atoms. The summed E-state index contributed by atoms with van der Waals surface area (Å²) in [5.74, 6) is -0.0512. The van der Waals surface area contributed by atoms with E-state index in [4.69, 9.17) is 5.11 Å². The minimum atomic E-state index is -1.17. The van der Waals surface area contributed by atoms with Gasteiger partial charge in [0.2, 0.25) is 0 Å². The topological polar surface area (TPSA) is 92.5 Å². The predicted octanol–water partition coefficient (Wildman–Crippen LogP) is 3.24. The van der Waals surface area contributed by atoms with E-state index in [0.29, 0.717) is 12.2 Å². The zero-order valence-corrected chi connectivity index (χ0v) is 12.1. The number of nitro groups is 1. The summed E-state index contributed by atoms with van der Waals surface area (Å²) in [6, 6.07) is 3.90. The van der Waals surface area contributed by atoms with E-state index >= 15 is 0 Å². The summed E-state index contributed by atoms with van der Waals surface area (Å²) in [6.07, 6.45) is 5.18. The number of carboxylic acid groups (broad SMARTS) is 1. The van der Waals surface area contributed by atoms with E-state index < -0.39 is 10.9 Å². The van der Waals surface area contributed by atoms with Crippen molar-refractivity contribution in [1.82, 2.24) is 0 Å². The molecule has 2 N–H and O–H groups in total. The van der Waals surface area contributed by atoms with Crippen molar-refractivity contribution in [3.05, 3.63) is 33.9 Å². The molecule has 0 amide bonds. The first kappa shape index (κ1) is 16.3. The van der Waals surface area contributed by atoms with Crippen molar-refractivity contribution in [3.8, 4) is 0 Å². The summed E-state index contributed by atoms with van der Waals surface area (Å²) >= 11 is 1.80.